The van der Waals surface area contributed by atoms with E-state index in [4.69, 9.17) is 4.74 Å². The van der Waals surface area contributed by atoms with Gasteiger partial charge in [0, 0.05) is 17.0 Å². The topological polar surface area (TPSA) is 87.3 Å². The number of benzene rings is 1. The maximum Gasteiger partial charge on any atom is 0.346 e. The predicted molar refractivity (Wildman–Crippen MR) is 110 cm³/mol. The summed E-state index contributed by atoms with van der Waals surface area (Å²) in [6, 6.07) is 12.8. The molecule has 1 aromatic carbocycles. The van der Waals surface area contributed by atoms with Crippen molar-refractivity contribution in [3.63, 3.8) is 0 Å². The standard InChI is InChI=1S/C20H22N4O3S/c1-24(2)17(18-5-4-10-28-18)12-21-19(25)16-11-15(22-20(26)23-16)13-6-8-14(27-3)9-7-13/h4-11,17H,12H2,1-3H3,(H,21,25)(H,22,23,26). The quantitative estimate of drug-likeness (QED) is 0.639. The summed E-state index contributed by atoms with van der Waals surface area (Å²) >= 11 is 1.64. The lowest BCUT2D eigenvalue weighted by molar-refractivity contribution is 0.0937. The van der Waals surface area contributed by atoms with Crippen LogP contribution in [0.15, 0.2) is 52.6 Å². The van der Waals surface area contributed by atoms with Crippen LogP contribution in [0, 0.1) is 0 Å². The molecule has 1 atom stereocenters. The molecule has 7 nitrogen and oxygen atoms in total. The highest BCUT2D eigenvalue weighted by atomic mass is 32.1. The molecule has 0 spiro atoms. The number of amides is 1. The number of likely N-dealkylation sites (N-methyl/N-ethyl adjacent to an activating group) is 1. The highest BCUT2D eigenvalue weighted by Crippen LogP contribution is 2.23. The van der Waals surface area contributed by atoms with Crippen LogP contribution < -0.4 is 15.7 Å². The second-order valence-electron chi connectivity index (χ2n) is 6.42. The molecule has 0 saturated heterocycles. The van der Waals surface area contributed by atoms with Crippen molar-refractivity contribution in [3.05, 3.63) is 68.9 Å². The van der Waals surface area contributed by atoms with E-state index in [2.05, 4.69) is 15.3 Å². The number of aromatic amines is 1. The van der Waals surface area contributed by atoms with E-state index in [1.165, 1.54) is 0 Å². The number of ether oxygens (including phenoxy) is 1. The average Bonchev–Trinajstić information content (AvgIpc) is 3.21. The van der Waals surface area contributed by atoms with Crippen LogP contribution in [0.25, 0.3) is 11.3 Å². The zero-order valence-corrected chi connectivity index (χ0v) is 16.7. The summed E-state index contributed by atoms with van der Waals surface area (Å²) in [5.74, 6) is 0.354. The van der Waals surface area contributed by atoms with Crippen molar-refractivity contribution in [1.29, 1.82) is 0 Å². The minimum absolute atomic E-state index is 0.0542. The number of carbonyl (C=O) groups is 1. The molecule has 0 aliphatic carbocycles. The van der Waals surface area contributed by atoms with E-state index in [9.17, 15) is 9.59 Å². The van der Waals surface area contributed by atoms with Crippen molar-refractivity contribution in [2.24, 2.45) is 0 Å². The highest BCUT2D eigenvalue weighted by molar-refractivity contribution is 7.10. The van der Waals surface area contributed by atoms with E-state index in [-0.39, 0.29) is 17.6 Å². The minimum atomic E-state index is -0.569. The van der Waals surface area contributed by atoms with E-state index in [1.807, 2.05) is 36.5 Å². The number of hydrogen-bond donors (Lipinski definition) is 2. The third-order valence-corrected chi connectivity index (χ3v) is 5.30. The Kier molecular flexibility index (Phi) is 6.23. The molecule has 8 heteroatoms. The Labute approximate surface area is 167 Å². The summed E-state index contributed by atoms with van der Waals surface area (Å²) in [7, 11) is 5.51. The van der Waals surface area contributed by atoms with Gasteiger partial charge in [-0.1, -0.05) is 6.07 Å². The first-order valence-electron chi connectivity index (χ1n) is 8.71. The number of nitrogens with one attached hydrogen (secondary N) is 2. The van der Waals surface area contributed by atoms with E-state index in [0.717, 1.165) is 10.4 Å². The number of rotatable bonds is 7. The van der Waals surface area contributed by atoms with Crippen LogP contribution in [-0.4, -0.2) is 48.5 Å². The van der Waals surface area contributed by atoms with Crippen molar-refractivity contribution in [2.45, 2.75) is 6.04 Å². The molecule has 0 aliphatic rings. The van der Waals surface area contributed by atoms with Crippen LogP contribution in [0.3, 0.4) is 0 Å². The zero-order valence-electron chi connectivity index (χ0n) is 15.9. The molecule has 28 heavy (non-hydrogen) atoms. The first-order chi connectivity index (χ1) is 13.5. The van der Waals surface area contributed by atoms with Gasteiger partial charge in [-0.3, -0.25) is 4.79 Å². The van der Waals surface area contributed by atoms with Crippen LogP contribution in [0.5, 0.6) is 5.75 Å². The Hall–Kier alpha value is -2.97. The molecule has 0 aliphatic heterocycles. The summed E-state index contributed by atoms with van der Waals surface area (Å²) in [6.07, 6.45) is 0. The van der Waals surface area contributed by atoms with Gasteiger partial charge in [-0.25, -0.2) is 4.79 Å². The molecule has 0 fully saturated rings. The van der Waals surface area contributed by atoms with Crippen LogP contribution >= 0.6 is 11.3 Å². The normalized spacial score (nSPS) is 12.0. The summed E-state index contributed by atoms with van der Waals surface area (Å²) < 4.78 is 5.14. The van der Waals surface area contributed by atoms with Gasteiger partial charge in [-0.15, -0.1) is 11.3 Å². The van der Waals surface area contributed by atoms with Crippen molar-refractivity contribution < 1.29 is 9.53 Å². The smallest absolute Gasteiger partial charge is 0.346 e. The molecule has 1 amide bonds. The van der Waals surface area contributed by atoms with Crippen LogP contribution in [0.4, 0.5) is 0 Å². The molecule has 3 aromatic rings. The molecular weight excluding hydrogens is 376 g/mol. The summed E-state index contributed by atoms with van der Waals surface area (Å²) in [5.41, 5.74) is 0.764. The van der Waals surface area contributed by atoms with Gasteiger partial charge >= 0.3 is 5.69 Å². The number of aromatic nitrogens is 2. The van der Waals surface area contributed by atoms with Gasteiger partial charge in [0.1, 0.15) is 11.4 Å². The minimum Gasteiger partial charge on any atom is -0.497 e. The van der Waals surface area contributed by atoms with E-state index in [0.29, 0.717) is 18.0 Å². The Morgan fingerprint density at radius 3 is 2.64 bits per heavy atom. The third kappa shape index (κ3) is 4.65. The van der Waals surface area contributed by atoms with Crippen LogP contribution in [0.2, 0.25) is 0 Å². The maximum atomic E-state index is 12.6. The van der Waals surface area contributed by atoms with Crippen molar-refractivity contribution in [3.8, 4) is 17.0 Å². The van der Waals surface area contributed by atoms with E-state index < -0.39 is 5.69 Å². The molecule has 2 heterocycles. The fourth-order valence-corrected chi connectivity index (χ4v) is 3.72. The van der Waals surface area contributed by atoms with Gasteiger partial charge in [0.25, 0.3) is 5.91 Å². The Morgan fingerprint density at radius 2 is 2.04 bits per heavy atom. The third-order valence-electron chi connectivity index (χ3n) is 4.33. The number of H-pyrrole nitrogens is 1. The Balaban J connectivity index is 1.78. The first-order valence-corrected chi connectivity index (χ1v) is 9.59. The molecular formula is C20H22N4O3S. The lowest BCUT2D eigenvalue weighted by Gasteiger charge is -2.23. The number of nitrogens with zero attached hydrogens (tertiary/aromatic N) is 2. The largest absolute Gasteiger partial charge is 0.497 e. The van der Waals surface area contributed by atoms with Gasteiger partial charge in [-0.05, 0) is 55.9 Å². The first kappa shape index (κ1) is 19.8. The summed E-state index contributed by atoms with van der Waals surface area (Å²) in [5, 5.41) is 4.91. The van der Waals surface area contributed by atoms with Gasteiger partial charge < -0.3 is 19.9 Å². The molecule has 3 rings (SSSR count). The molecule has 1 unspecified atom stereocenters. The van der Waals surface area contributed by atoms with Crippen LogP contribution in [-0.2, 0) is 0 Å². The monoisotopic (exact) mass is 398 g/mol. The fraction of sp³-hybridized carbons (Fsp3) is 0.250. The number of thiophene rings is 1. The van der Waals surface area contributed by atoms with Gasteiger partial charge in [-0.2, -0.15) is 4.98 Å². The zero-order chi connectivity index (χ0) is 20.1. The van der Waals surface area contributed by atoms with E-state index in [1.54, 1.807) is 48.8 Å². The van der Waals surface area contributed by atoms with Crippen LogP contribution in [0.1, 0.15) is 21.4 Å². The molecule has 0 saturated carbocycles. The predicted octanol–water partition coefficient (Wildman–Crippen LogP) is 2.54. The highest BCUT2D eigenvalue weighted by Gasteiger charge is 2.18. The molecule has 2 aromatic heterocycles. The molecule has 146 valence electrons. The fourth-order valence-electron chi connectivity index (χ4n) is 2.79. The molecule has 2 N–H and O–H groups in total. The number of methoxy groups -OCH3 is 1. The van der Waals surface area contributed by atoms with Crippen molar-refractivity contribution in [1.82, 2.24) is 20.2 Å². The summed E-state index contributed by atoms with van der Waals surface area (Å²) in [6.45, 7) is 0.425. The SMILES string of the molecule is COc1ccc(-c2cc(C(=O)NCC(c3cccs3)N(C)C)[nH]c(=O)n2)cc1. The Morgan fingerprint density at radius 1 is 1.29 bits per heavy atom. The number of hydrogen-bond acceptors (Lipinski definition) is 6. The maximum absolute atomic E-state index is 12.6. The van der Waals surface area contributed by atoms with Gasteiger partial charge in [0.15, 0.2) is 0 Å². The lowest BCUT2D eigenvalue weighted by Crippen LogP contribution is -2.35. The molecule has 0 bridgehead atoms. The average molecular weight is 398 g/mol. The van der Waals surface area contributed by atoms with E-state index >= 15 is 0 Å². The van der Waals surface area contributed by atoms with Crippen molar-refractivity contribution in [2.75, 3.05) is 27.7 Å². The second kappa shape index (κ2) is 8.81. The Bertz CT molecular complexity index is 981. The second-order valence-corrected chi connectivity index (χ2v) is 7.40. The lowest BCUT2D eigenvalue weighted by atomic mass is 10.1. The van der Waals surface area contributed by atoms with Gasteiger partial charge in [0.05, 0.1) is 18.8 Å². The molecule has 0 radical (unpaired) electrons. The van der Waals surface area contributed by atoms with Gasteiger partial charge in [0.2, 0.25) is 0 Å². The summed E-state index contributed by atoms with van der Waals surface area (Å²) in [4.78, 5) is 34.3. The van der Waals surface area contributed by atoms with Crippen molar-refractivity contribution >= 4 is 17.2 Å². The number of carbonyl (C=O) groups excluding carboxylic acids is 1.